The second-order valence-corrected chi connectivity index (χ2v) is 10.8. The Kier molecular flexibility index (Phi) is 7.42. The van der Waals surface area contributed by atoms with Crippen molar-refractivity contribution in [1.82, 2.24) is 10.2 Å². The maximum absolute atomic E-state index is 13.1. The molecule has 0 radical (unpaired) electrons. The van der Waals surface area contributed by atoms with E-state index < -0.39 is 17.7 Å². The normalized spacial score (nSPS) is 13.8. The number of nitrogens with one attached hydrogen (secondary N) is 1. The Morgan fingerprint density at radius 3 is 2.11 bits per heavy atom. The van der Waals surface area contributed by atoms with Crippen LogP contribution in [0.2, 0.25) is 0 Å². The molecule has 0 fully saturated rings. The van der Waals surface area contributed by atoms with Crippen LogP contribution >= 0.6 is 0 Å². The van der Waals surface area contributed by atoms with E-state index in [1.165, 1.54) is 0 Å². The van der Waals surface area contributed by atoms with E-state index in [4.69, 9.17) is 4.74 Å². The Bertz CT molecular complexity index is 1310. The van der Waals surface area contributed by atoms with Gasteiger partial charge >= 0.3 is 12.0 Å². The van der Waals surface area contributed by atoms with Crippen LogP contribution in [0.3, 0.4) is 0 Å². The molecule has 2 amide bonds. The Balaban J connectivity index is 1.77. The molecule has 1 aliphatic heterocycles. The zero-order valence-corrected chi connectivity index (χ0v) is 22.5. The predicted octanol–water partition coefficient (Wildman–Crippen LogP) is 6.45. The number of aryl methyl sites for hydroxylation is 1. The molecular weight excluding hydrogens is 464 g/mol. The van der Waals surface area contributed by atoms with Crippen molar-refractivity contribution in [2.45, 2.75) is 72.9 Å². The first-order chi connectivity index (χ1) is 17.5. The number of ether oxygens (including phenoxy) is 1. The number of rotatable bonds is 6. The number of carboxylic acid groups (broad SMARTS) is 1. The van der Waals surface area contributed by atoms with Crippen molar-refractivity contribution in [2.24, 2.45) is 0 Å². The molecule has 37 heavy (non-hydrogen) atoms. The summed E-state index contributed by atoms with van der Waals surface area (Å²) in [5.74, 6) is -1.03. The van der Waals surface area contributed by atoms with Crippen molar-refractivity contribution < 1.29 is 19.4 Å². The molecule has 0 bridgehead atoms. The van der Waals surface area contributed by atoms with Gasteiger partial charge in [0.15, 0.2) is 6.10 Å². The minimum atomic E-state index is -1.14. The summed E-state index contributed by atoms with van der Waals surface area (Å²) in [5.41, 5.74) is 7.92. The second kappa shape index (κ2) is 10.4. The summed E-state index contributed by atoms with van der Waals surface area (Å²) in [6.45, 7) is 12.9. The fourth-order valence-electron chi connectivity index (χ4n) is 5.06. The monoisotopic (exact) mass is 500 g/mol. The fraction of sp³-hybridized carbons (Fsp3) is 0.355. The van der Waals surface area contributed by atoms with Gasteiger partial charge in [0.2, 0.25) is 0 Å². The number of carbonyl (C=O) groups excluding carboxylic acids is 1. The Labute approximate surface area is 219 Å². The number of carbonyl (C=O) groups is 2. The lowest BCUT2D eigenvalue weighted by Crippen LogP contribution is -2.36. The largest absolute Gasteiger partial charge is 0.479 e. The summed E-state index contributed by atoms with van der Waals surface area (Å²) in [6.07, 6.45) is -1.14. The maximum atomic E-state index is 13.1. The summed E-state index contributed by atoms with van der Waals surface area (Å²) in [7, 11) is 0. The van der Waals surface area contributed by atoms with Gasteiger partial charge in [-0.3, -0.25) is 0 Å². The molecule has 1 heterocycles. The molecule has 0 aromatic heterocycles. The highest BCUT2D eigenvalue weighted by Gasteiger charge is 2.36. The highest BCUT2D eigenvalue weighted by molar-refractivity contribution is 5.85. The van der Waals surface area contributed by atoms with Gasteiger partial charge in [-0.05, 0) is 80.5 Å². The fourth-order valence-corrected chi connectivity index (χ4v) is 5.06. The van der Waals surface area contributed by atoms with Gasteiger partial charge in [0, 0.05) is 25.2 Å². The smallest absolute Gasteiger partial charge is 0.337 e. The van der Waals surface area contributed by atoms with Gasteiger partial charge in [-0.15, -0.1) is 0 Å². The molecule has 3 aromatic carbocycles. The van der Waals surface area contributed by atoms with E-state index in [2.05, 4.69) is 5.32 Å². The summed E-state index contributed by atoms with van der Waals surface area (Å²) in [5, 5.41) is 13.3. The number of nitrogens with zero attached hydrogens (tertiary/aromatic N) is 1. The van der Waals surface area contributed by atoms with Gasteiger partial charge in [-0.1, -0.05) is 60.2 Å². The lowest BCUT2D eigenvalue weighted by Gasteiger charge is -2.29. The zero-order chi connectivity index (χ0) is 26.9. The van der Waals surface area contributed by atoms with Crippen molar-refractivity contribution in [3.05, 3.63) is 93.5 Å². The van der Waals surface area contributed by atoms with E-state index in [1.807, 2.05) is 96.1 Å². The molecular formula is C31H36N2O4. The molecule has 4 rings (SSSR count). The number of carboxylic acids is 1. The molecule has 6 heteroatoms. The van der Waals surface area contributed by atoms with Gasteiger partial charge in [0.1, 0.15) is 0 Å². The average molecular weight is 501 g/mol. The number of benzene rings is 3. The Morgan fingerprint density at radius 1 is 0.946 bits per heavy atom. The van der Waals surface area contributed by atoms with Crippen LogP contribution in [0.1, 0.15) is 65.8 Å². The first kappa shape index (κ1) is 26.4. The minimum Gasteiger partial charge on any atom is -0.479 e. The number of urea groups is 1. The standard InChI is InChI=1S/C31H36N2O4/c1-19-12-14-23(15-13-19)26-20(2)24-17-33(30(36)32-16-22-10-8-7-9-11-22)18-25(24)21(3)27(26)28(29(34)35)37-31(4,5)6/h7-15,28H,16-18H2,1-6H3,(H,32,36)(H,34,35)/t28-/m0/s1. The number of fused-ring (bicyclic) bond motifs is 1. The highest BCUT2D eigenvalue weighted by Crippen LogP contribution is 2.43. The van der Waals surface area contributed by atoms with Crippen LogP contribution < -0.4 is 5.32 Å². The molecule has 0 saturated heterocycles. The Morgan fingerprint density at radius 2 is 1.54 bits per heavy atom. The van der Waals surface area contributed by atoms with E-state index in [9.17, 15) is 14.7 Å². The molecule has 1 aliphatic rings. The third-order valence-electron chi connectivity index (χ3n) is 6.89. The molecule has 6 nitrogen and oxygen atoms in total. The van der Waals surface area contributed by atoms with Crippen molar-refractivity contribution in [2.75, 3.05) is 0 Å². The van der Waals surface area contributed by atoms with Crippen LogP contribution in [0.4, 0.5) is 4.79 Å². The minimum absolute atomic E-state index is 0.141. The highest BCUT2D eigenvalue weighted by atomic mass is 16.5. The SMILES string of the molecule is Cc1ccc(-c2c(C)c3c(c(C)c2[C@H](OC(C)(C)C)C(=O)O)CN(C(=O)NCc2ccccc2)C3)cc1. The van der Waals surface area contributed by atoms with Gasteiger partial charge in [0.05, 0.1) is 5.60 Å². The van der Waals surface area contributed by atoms with Crippen molar-refractivity contribution >= 4 is 12.0 Å². The Hall–Kier alpha value is -3.64. The topological polar surface area (TPSA) is 78.9 Å². The van der Waals surface area contributed by atoms with Crippen molar-refractivity contribution in [1.29, 1.82) is 0 Å². The second-order valence-electron chi connectivity index (χ2n) is 10.8. The van der Waals surface area contributed by atoms with E-state index >= 15 is 0 Å². The van der Waals surface area contributed by atoms with Gasteiger partial charge in [-0.25, -0.2) is 9.59 Å². The van der Waals surface area contributed by atoms with Crippen LogP contribution in [0.5, 0.6) is 0 Å². The number of amides is 2. The number of aliphatic carboxylic acids is 1. The number of hydrogen-bond donors (Lipinski definition) is 2. The van der Waals surface area contributed by atoms with Gasteiger partial charge in [0.25, 0.3) is 0 Å². The molecule has 1 atom stereocenters. The molecule has 2 N–H and O–H groups in total. The van der Waals surface area contributed by atoms with Gasteiger partial charge in [-0.2, -0.15) is 0 Å². The van der Waals surface area contributed by atoms with E-state index in [0.717, 1.165) is 44.5 Å². The number of hydrogen-bond acceptors (Lipinski definition) is 3. The molecule has 194 valence electrons. The first-order valence-electron chi connectivity index (χ1n) is 12.7. The molecule has 0 spiro atoms. The lowest BCUT2D eigenvalue weighted by atomic mass is 9.83. The summed E-state index contributed by atoms with van der Waals surface area (Å²) in [4.78, 5) is 27.5. The van der Waals surface area contributed by atoms with Crippen LogP contribution in [-0.4, -0.2) is 27.6 Å². The maximum Gasteiger partial charge on any atom is 0.337 e. The van der Waals surface area contributed by atoms with Crippen molar-refractivity contribution in [3.63, 3.8) is 0 Å². The van der Waals surface area contributed by atoms with Crippen molar-refractivity contribution in [3.8, 4) is 11.1 Å². The predicted molar refractivity (Wildman–Crippen MR) is 145 cm³/mol. The van der Waals surface area contributed by atoms with Crippen LogP contribution in [0.15, 0.2) is 54.6 Å². The average Bonchev–Trinajstić information content (AvgIpc) is 3.30. The molecule has 0 saturated carbocycles. The molecule has 0 unspecified atom stereocenters. The lowest BCUT2D eigenvalue weighted by molar-refractivity contribution is -0.160. The third-order valence-corrected chi connectivity index (χ3v) is 6.89. The molecule has 3 aromatic rings. The van der Waals surface area contributed by atoms with Crippen LogP contribution in [-0.2, 0) is 29.2 Å². The van der Waals surface area contributed by atoms with E-state index in [-0.39, 0.29) is 6.03 Å². The third kappa shape index (κ3) is 5.70. The van der Waals surface area contributed by atoms with Gasteiger partial charge < -0.3 is 20.1 Å². The zero-order valence-electron chi connectivity index (χ0n) is 22.5. The van der Waals surface area contributed by atoms with E-state index in [1.54, 1.807) is 4.90 Å². The van der Waals surface area contributed by atoms with E-state index in [0.29, 0.717) is 25.2 Å². The molecule has 0 aliphatic carbocycles. The van der Waals surface area contributed by atoms with Crippen LogP contribution in [0, 0.1) is 20.8 Å². The summed E-state index contributed by atoms with van der Waals surface area (Å²) in [6, 6.07) is 17.8. The summed E-state index contributed by atoms with van der Waals surface area (Å²) < 4.78 is 6.14. The quantitative estimate of drug-likeness (QED) is 0.408. The summed E-state index contributed by atoms with van der Waals surface area (Å²) >= 11 is 0. The van der Waals surface area contributed by atoms with Crippen LogP contribution in [0.25, 0.3) is 11.1 Å². The first-order valence-corrected chi connectivity index (χ1v) is 12.7.